The predicted molar refractivity (Wildman–Crippen MR) is 114 cm³/mol. The number of thiophene rings is 1. The first-order chi connectivity index (χ1) is 13.7. The van der Waals surface area contributed by atoms with Crippen molar-refractivity contribution in [3.8, 4) is 16.3 Å². The minimum absolute atomic E-state index is 0.0803. The van der Waals surface area contributed by atoms with Gasteiger partial charge in [0.05, 0.1) is 12.3 Å². The molecule has 0 saturated carbocycles. The van der Waals surface area contributed by atoms with Gasteiger partial charge in [-0.2, -0.15) is 11.3 Å². The molecule has 0 atom stereocenters. The molecule has 1 aromatic carbocycles. The number of carbonyl (C=O) groups is 1. The first-order valence-corrected chi connectivity index (χ1v) is 10.7. The maximum absolute atomic E-state index is 12.5. The molecular formula is C21H19N3O2S2. The van der Waals surface area contributed by atoms with Crippen LogP contribution < -0.4 is 10.1 Å². The lowest BCUT2D eigenvalue weighted by molar-refractivity contribution is 0.0955. The van der Waals surface area contributed by atoms with Crippen LogP contribution in [0.5, 0.6) is 5.75 Å². The van der Waals surface area contributed by atoms with Gasteiger partial charge in [0.25, 0.3) is 5.91 Å². The zero-order valence-corrected chi connectivity index (χ0v) is 17.0. The minimum Gasteiger partial charge on any atom is -0.491 e. The average molecular weight is 410 g/mol. The van der Waals surface area contributed by atoms with Crippen molar-refractivity contribution < 1.29 is 9.53 Å². The van der Waals surface area contributed by atoms with E-state index in [1.54, 1.807) is 17.5 Å². The zero-order valence-electron chi connectivity index (χ0n) is 15.3. The summed E-state index contributed by atoms with van der Waals surface area (Å²) >= 11 is 3.06. The molecule has 3 heterocycles. The molecule has 7 heteroatoms. The Bertz CT molecular complexity index is 1080. The Kier molecular flexibility index (Phi) is 5.64. The molecule has 1 amide bonds. The van der Waals surface area contributed by atoms with Crippen molar-refractivity contribution in [2.75, 3.05) is 13.2 Å². The van der Waals surface area contributed by atoms with Crippen molar-refractivity contribution in [2.24, 2.45) is 0 Å². The third kappa shape index (κ3) is 4.05. The van der Waals surface area contributed by atoms with Gasteiger partial charge in [-0.25, -0.2) is 4.98 Å². The summed E-state index contributed by atoms with van der Waals surface area (Å²) in [6, 6.07) is 11.8. The van der Waals surface area contributed by atoms with Crippen LogP contribution in [0.15, 0.2) is 53.4 Å². The van der Waals surface area contributed by atoms with Gasteiger partial charge in [-0.05, 0) is 36.9 Å². The van der Waals surface area contributed by atoms with E-state index in [0.29, 0.717) is 24.4 Å². The minimum atomic E-state index is -0.0803. The van der Waals surface area contributed by atoms with E-state index in [0.717, 1.165) is 32.9 Å². The van der Waals surface area contributed by atoms with E-state index in [2.05, 4.69) is 15.3 Å². The molecule has 0 unspecified atom stereocenters. The van der Waals surface area contributed by atoms with Crippen LogP contribution in [0.4, 0.5) is 0 Å². The molecule has 0 saturated heterocycles. The number of thiazole rings is 1. The Morgan fingerprint density at radius 3 is 2.96 bits per heavy atom. The Morgan fingerprint density at radius 2 is 2.11 bits per heavy atom. The summed E-state index contributed by atoms with van der Waals surface area (Å²) in [5.74, 6) is 0.687. The summed E-state index contributed by atoms with van der Waals surface area (Å²) in [6.07, 6.45) is 2.47. The second-order valence-electron chi connectivity index (χ2n) is 6.23. The van der Waals surface area contributed by atoms with E-state index in [1.807, 2.05) is 54.1 Å². The maximum Gasteiger partial charge on any atom is 0.263 e. The van der Waals surface area contributed by atoms with E-state index >= 15 is 0 Å². The highest BCUT2D eigenvalue weighted by molar-refractivity contribution is 7.17. The highest BCUT2D eigenvalue weighted by Crippen LogP contribution is 2.29. The number of ether oxygens (including phenoxy) is 1. The van der Waals surface area contributed by atoms with Crippen LogP contribution in [0.1, 0.15) is 21.8 Å². The molecular weight excluding hydrogens is 390 g/mol. The van der Waals surface area contributed by atoms with Crippen molar-refractivity contribution >= 4 is 39.5 Å². The van der Waals surface area contributed by atoms with Gasteiger partial charge in [0.15, 0.2) is 0 Å². The Morgan fingerprint density at radius 1 is 1.21 bits per heavy atom. The highest BCUT2D eigenvalue weighted by atomic mass is 32.1. The predicted octanol–water partition coefficient (Wildman–Crippen LogP) is 4.93. The second kappa shape index (κ2) is 8.50. The number of nitrogens with zero attached hydrogens (tertiary/aromatic N) is 2. The number of aromatic nitrogens is 2. The van der Waals surface area contributed by atoms with E-state index in [9.17, 15) is 4.79 Å². The van der Waals surface area contributed by atoms with Gasteiger partial charge in [0.1, 0.15) is 21.2 Å². The van der Waals surface area contributed by atoms with Crippen molar-refractivity contribution in [3.63, 3.8) is 0 Å². The summed E-state index contributed by atoms with van der Waals surface area (Å²) < 4.78 is 5.86. The molecule has 1 N–H and O–H groups in total. The molecule has 3 aromatic heterocycles. The zero-order chi connectivity index (χ0) is 19.3. The van der Waals surface area contributed by atoms with Crippen LogP contribution in [0.3, 0.4) is 0 Å². The number of para-hydroxylation sites is 1. The van der Waals surface area contributed by atoms with Gasteiger partial charge in [-0.1, -0.05) is 18.2 Å². The van der Waals surface area contributed by atoms with E-state index < -0.39 is 0 Å². The molecule has 0 fully saturated rings. The topological polar surface area (TPSA) is 64.1 Å². The van der Waals surface area contributed by atoms with Gasteiger partial charge < -0.3 is 10.1 Å². The van der Waals surface area contributed by atoms with Gasteiger partial charge >= 0.3 is 0 Å². The molecule has 0 aliphatic rings. The lowest BCUT2D eigenvalue weighted by atomic mass is 10.2. The fraction of sp³-hybridized carbons (Fsp3) is 0.190. The Balaban J connectivity index is 1.29. The molecule has 5 nitrogen and oxygen atoms in total. The molecule has 0 aliphatic heterocycles. The molecule has 4 rings (SSSR count). The smallest absolute Gasteiger partial charge is 0.263 e. The van der Waals surface area contributed by atoms with Crippen LogP contribution >= 0.6 is 22.7 Å². The van der Waals surface area contributed by atoms with E-state index in [1.165, 1.54) is 11.3 Å². The summed E-state index contributed by atoms with van der Waals surface area (Å²) in [7, 11) is 0. The summed E-state index contributed by atoms with van der Waals surface area (Å²) in [5, 5.41) is 8.95. The third-order valence-corrected chi connectivity index (χ3v) is 6.12. The molecule has 0 aliphatic carbocycles. The lowest BCUT2D eigenvalue weighted by Gasteiger charge is -2.09. The summed E-state index contributed by atoms with van der Waals surface area (Å²) in [6.45, 7) is 2.93. The SMILES string of the molecule is Cc1nc(-c2ccsc2)sc1C(=O)NCCCOc1cccc2cccnc12. The Labute approximate surface area is 171 Å². The number of carbonyl (C=O) groups excluding carboxylic acids is 1. The first-order valence-electron chi connectivity index (χ1n) is 8.97. The van der Waals surface area contributed by atoms with Gasteiger partial charge in [0.2, 0.25) is 0 Å². The number of aryl methyl sites for hydroxylation is 1. The van der Waals surface area contributed by atoms with Crippen molar-refractivity contribution in [3.05, 3.63) is 63.9 Å². The standard InChI is InChI=1S/C21H19N3O2S2/c1-14-19(28-21(24-14)16-8-12-27-13-16)20(25)23-10-4-11-26-17-7-2-5-15-6-3-9-22-18(15)17/h2-3,5-9,12-13H,4,10-11H2,1H3,(H,23,25). The number of nitrogens with one attached hydrogen (secondary N) is 1. The van der Waals surface area contributed by atoms with Crippen molar-refractivity contribution in [2.45, 2.75) is 13.3 Å². The highest BCUT2D eigenvalue weighted by Gasteiger charge is 2.16. The lowest BCUT2D eigenvalue weighted by Crippen LogP contribution is -2.25. The normalized spacial score (nSPS) is 10.9. The van der Waals surface area contributed by atoms with Crippen LogP contribution in [0, 0.1) is 6.92 Å². The fourth-order valence-electron chi connectivity index (χ4n) is 2.85. The summed E-state index contributed by atoms with van der Waals surface area (Å²) in [5.41, 5.74) is 2.69. The maximum atomic E-state index is 12.5. The average Bonchev–Trinajstić information content (AvgIpc) is 3.37. The molecule has 0 radical (unpaired) electrons. The number of benzene rings is 1. The number of amides is 1. The monoisotopic (exact) mass is 409 g/mol. The molecule has 0 bridgehead atoms. The quantitative estimate of drug-likeness (QED) is 0.440. The molecule has 0 spiro atoms. The van der Waals surface area contributed by atoms with Crippen LogP contribution in [0.25, 0.3) is 21.5 Å². The number of rotatable bonds is 7. The van der Waals surface area contributed by atoms with Crippen LogP contribution in [-0.2, 0) is 0 Å². The molecule has 28 heavy (non-hydrogen) atoms. The molecule has 142 valence electrons. The first kappa shape index (κ1) is 18.6. The Hall–Kier alpha value is -2.77. The second-order valence-corrected chi connectivity index (χ2v) is 8.01. The molecule has 4 aromatic rings. The number of hydrogen-bond acceptors (Lipinski definition) is 6. The van der Waals surface area contributed by atoms with Gasteiger partial charge in [-0.15, -0.1) is 11.3 Å². The summed E-state index contributed by atoms with van der Waals surface area (Å²) in [4.78, 5) is 22.0. The van der Waals surface area contributed by atoms with Crippen molar-refractivity contribution in [1.29, 1.82) is 0 Å². The van der Waals surface area contributed by atoms with E-state index in [-0.39, 0.29) is 5.91 Å². The number of hydrogen-bond donors (Lipinski definition) is 1. The number of pyridine rings is 1. The van der Waals surface area contributed by atoms with Crippen molar-refractivity contribution in [1.82, 2.24) is 15.3 Å². The third-order valence-electron chi connectivity index (χ3n) is 4.23. The fourth-order valence-corrected chi connectivity index (χ4v) is 4.54. The van der Waals surface area contributed by atoms with Crippen LogP contribution in [-0.4, -0.2) is 29.0 Å². The number of fused-ring (bicyclic) bond motifs is 1. The largest absolute Gasteiger partial charge is 0.491 e. The van der Waals surface area contributed by atoms with E-state index in [4.69, 9.17) is 4.74 Å². The van der Waals surface area contributed by atoms with Crippen LogP contribution in [0.2, 0.25) is 0 Å². The van der Waals surface area contributed by atoms with Gasteiger partial charge in [-0.3, -0.25) is 9.78 Å². The van der Waals surface area contributed by atoms with Gasteiger partial charge in [0, 0.05) is 29.1 Å².